The van der Waals surface area contributed by atoms with Gasteiger partial charge in [-0.3, -0.25) is 0 Å². The second-order valence-corrected chi connectivity index (χ2v) is 5.00. The fourth-order valence-corrected chi connectivity index (χ4v) is 2.26. The predicted octanol–water partition coefficient (Wildman–Crippen LogP) is 2.23. The number of benzene rings is 1. The van der Waals surface area contributed by atoms with Crippen LogP contribution >= 0.6 is 0 Å². The van der Waals surface area contributed by atoms with Gasteiger partial charge in [0.15, 0.2) is 0 Å². The standard InChI is InChI=1S/C15H18N4/c1-11-2-4-12(5-3-11)13-8-17-15(18-9-13)19-14-6-7-16-10-14/h2-5,8-9,14,16H,6-7,10H2,1H3,(H,17,18,19). The molecule has 98 valence electrons. The Kier molecular flexibility index (Phi) is 3.42. The average Bonchev–Trinajstić information content (AvgIpc) is 2.94. The van der Waals surface area contributed by atoms with Crippen molar-refractivity contribution in [3.05, 3.63) is 42.2 Å². The topological polar surface area (TPSA) is 49.8 Å². The summed E-state index contributed by atoms with van der Waals surface area (Å²) in [6, 6.07) is 8.85. The van der Waals surface area contributed by atoms with Gasteiger partial charge in [0.05, 0.1) is 0 Å². The lowest BCUT2D eigenvalue weighted by molar-refractivity contribution is 0.780. The van der Waals surface area contributed by atoms with Crippen LogP contribution in [-0.2, 0) is 0 Å². The smallest absolute Gasteiger partial charge is 0.222 e. The number of nitrogens with zero attached hydrogens (tertiary/aromatic N) is 2. The van der Waals surface area contributed by atoms with Crippen LogP contribution in [0.5, 0.6) is 0 Å². The Balaban J connectivity index is 1.72. The van der Waals surface area contributed by atoms with Gasteiger partial charge in [0, 0.05) is 30.5 Å². The molecule has 1 atom stereocenters. The fourth-order valence-electron chi connectivity index (χ4n) is 2.26. The van der Waals surface area contributed by atoms with Crippen LogP contribution in [0.25, 0.3) is 11.1 Å². The number of aromatic nitrogens is 2. The largest absolute Gasteiger partial charge is 0.350 e. The third kappa shape index (κ3) is 2.90. The van der Waals surface area contributed by atoms with Crippen molar-refractivity contribution in [2.45, 2.75) is 19.4 Å². The summed E-state index contributed by atoms with van der Waals surface area (Å²) >= 11 is 0. The molecule has 1 unspecified atom stereocenters. The molecule has 2 N–H and O–H groups in total. The van der Waals surface area contributed by atoms with Gasteiger partial charge >= 0.3 is 0 Å². The van der Waals surface area contributed by atoms with Gasteiger partial charge in [0.25, 0.3) is 0 Å². The molecule has 1 aliphatic rings. The van der Waals surface area contributed by atoms with E-state index < -0.39 is 0 Å². The number of hydrogen-bond acceptors (Lipinski definition) is 4. The molecule has 0 radical (unpaired) electrons. The fraction of sp³-hybridized carbons (Fsp3) is 0.333. The van der Waals surface area contributed by atoms with Gasteiger partial charge in [-0.25, -0.2) is 9.97 Å². The predicted molar refractivity (Wildman–Crippen MR) is 77.1 cm³/mol. The Hall–Kier alpha value is -1.94. The molecule has 0 amide bonds. The van der Waals surface area contributed by atoms with E-state index in [-0.39, 0.29) is 0 Å². The molecule has 1 saturated heterocycles. The van der Waals surface area contributed by atoms with Crippen molar-refractivity contribution in [2.24, 2.45) is 0 Å². The highest BCUT2D eigenvalue weighted by atomic mass is 15.1. The second-order valence-electron chi connectivity index (χ2n) is 5.00. The summed E-state index contributed by atoms with van der Waals surface area (Å²) in [6.07, 6.45) is 4.88. The Morgan fingerprint density at radius 2 is 1.84 bits per heavy atom. The third-order valence-corrected chi connectivity index (χ3v) is 3.43. The van der Waals surface area contributed by atoms with Gasteiger partial charge in [0.1, 0.15) is 0 Å². The van der Waals surface area contributed by atoms with Crippen LogP contribution in [0.3, 0.4) is 0 Å². The summed E-state index contributed by atoms with van der Waals surface area (Å²) in [5.41, 5.74) is 3.46. The normalized spacial score (nSPS) is 18.5. The van der Waals surface area contributed by atoms with E-state index in [1.807, 2.05) is 12.4 Å². The molecule has 0 saturated carbocycles. The molecule has 3 rings (SSSR count). The van der Waals surface area contributed by atoms with Crippen LogP contribution in [0, 0.1) is 6.92 Å². The maximum Gasteiger partial charge on any atom is 0.222 e. The molecule has 4 nitrogen and oxygen atoms in total. The monoisotopic (exact) mass is 254 g/mol. The van der Waals surface area contributed by atoms with E-state index in [1.165, 1.54) is 5.56 Å². The van der Waals surface area contributed by atoms with Crippen LogP contribution in [-0.4, -0.2) is 29.1 Å². The summed E-state index contributed by atoms with van der Waals surface area (Å²) < 4.78 is 0. The first-order valence-corrected chi connectivity index (χ1v) is 6.67. The lowest BCUT2D eigenvalue weighted by Crippen LogP contribution is -2.23. The Morgan fingerprint density at radius 3 is 2.47 bits per heavy atom. The highest BCUT2D eigenvalue weighted by molar-refractivity contribution is 5.62. The van der Waals surface area contributed by atoms with Crippen molar-refractivity contribution in [2.75, 3.05) is 18.4 Å². The van der Waals surface area contributed by atoms with E-state index in [0.717, 1.165) is 30.6 Å². The number of aryl methyl sites for hydroxylation is 1. The number of anilines is 1. The first-order chi connectivity index (χ1) is 9.31. The summed E-state index contributed by atoms with van der Waals surface area (Å²) in [5, 5.41) is 6.66. The van der Waals surface area contributed by atoms with E-state index in [9.17, 15) is 0 Å². The van der Waals surface area contributed by atoms with Crippen LogP contribution in [0.4, 0.5) is 5.95 Å². The van der Waals surface area contributed by atoms with Gasteiger partial charge in [-0.05, 0) is 25.5 Å². The van der Waals surface area contributed by atoms with Crippen LogP contribution in [0.2, 0.25) is 0 Å². The molecule has 1 aromatic carbocycles. The van der Waals surface area contributed by atoms with Gasteiger partial charge < -0.3 is 10.6 Å². The Morgan fingerprint density at radius 1 is 1.11 bits per heavy atom. The Labute approximate surface area is 113 Å². The number of nitrogens with one attached hydrogen (secondary N) is 2. The van der Waals surface area contributed by atoms with Crippen molar-refractivity contribution < 1.29 is 0 Å². The van der Waals surface area contributed by atoms with Crippen molar-refractivity contribution in [1.82, 2.24) is 15.3 Å². The van der Waals surface area contributed by atoms with E-state index in [4.69, 9.17) is 0 Å². The van der Waals surface area contributed by atoms with Gasteiger partial charge in [-0.1, -0.05) is 29.8 Å². The van der Waals surface area contributed by atoms with Crippen LogP contribution < -0.4 is 10.6 Å². The lowest BCUT2D eigenvalue weighted by Gasteiger charge is -2.11. The molecule has 4 heteroatoms. The maximum atomic E-state index is 4.39. The van der Waals surface area contributed by atoms with Crippen molar-refractivity contribution >= 4 is 5.95 Å². The minimum atomic E-state index is 0.449. The van der Waals surface area contributed by atoms with Crippen molar-refractivity contribution in [3.63, 3.8) is 0 Å². The highest BCUT2D eigenvalue weighted by Gasteiger charge is 2.14. The van der Waals surface area contributed by atoms with Crippen molar-refractivity contribution in [1.29, 1.82) is 0 Å². The molecule has 1 aromatic heterocycles. The first kappa shape index (κ1) is 12.1. The molecule has 19 heavy (non-hydrogen) atoms. The van der Waals surface area contributed by atoms with Gasteiger partial charge in [-0.2, -0.15) is 0 Å². The number of rotatable bonds is 3. The van der Waals surface area contributed by atoms with E-state index >= 15 is 0 Å². The third-order valence-electron chi connectivity index (χ3n) is 3.43. The molecule has 0 aliphatic carbocycles. The average molecular weight is 254 g/mol. The summed E-state index contributed by atoms with van der Waals surface area (Å²) in [6.45, 7) is 4.14. The van der Waals surface area contributed by atoms with Gasteiger partial charge in [0.2, 0.25) is 5.95 Å². The lowest BCUT2D eigenvalue weighted by atomic mass is 10.1. The summed E-state index contributed by atoms with van der Waals surface area (Å²) in [7, 11) is 0. The molecule has 1 fully saturated rings. The van der Waals surface area contributed by atoms with Gasteiger partial charge in [-0.15, -0.1) is 0 Å². The van der Waals surface area contributed by atoms with E-state index in [0.29, 0.717) is 12.0 Å². The second kappa shape index (κ2) is 5.36. The quantitative estimate of drug-likeness (QED) is 0.882. The zero-order valence-electron chi connectivity index (χ0n) is 11.1. The molecular formula is C15H18N4. The Bertz CT molecular complexity index is 527. The minimum Gasteiger partial charge on any atom is -0.350 e. The zero-order chi connectivity index (χ0) is 13.1. The first-order valence-electron chi connectivity index (χ1n) is 6.67. The van der Waals surface area contributed by atoms with Crippen molar-refractivity contribution in [3.8, 4) is 11.1 Å². The minimum absolute atomic E-state index is 0.449. The van der Waals surface area contributed by atoms with Crippen LogP contribution in [0.1, 0.15) is 12.0 Å². The van der Waals surface area contributed by atoms with E-state index in [1.54, 1.807) is 0 Å². The SMILES string of the molecule is Cc1ccc(-c2cnc(NC3CCNC3)nc2)cc1. The zero-order valence-corrected chi connectivity index (χ0v) is 11.1. The molecule has 1 aliphatic heterocycles. The molecular weight excluding hydrogens is 236 g/mol. The molecule has 0 bridgehead atoms. The molecule has 2 heterocycles. The molecule has 2 aromatic rings. The maximum absolute atomic E-state index is 4.39. The number of hydrogen-bond donors (Lipinski definition) is 2. The van der Waals surface area contributed by atoms with Crippen LogP contribution in [0.15, 0.2) is 36.7 Å². The summed E-state index contributed by atoms with van der Waals surface area (Å²) in [5.74, 6) is 0.713. The van der Waals surface area contributed by atoms with E-state index in [2.05, 4.69) is 51.8 Å². The highest BCUT2D eigenvalue weighted by Crippen LogP contribution is 2.18. The summed E-state index contributed by atoms with van der Waals surface area (Å²) in [4.78, 5) is 8.78. The molecule has 0 spiro atoms.